The van der Waals surface area contributed by atoms with Crippen molar-refractivity contribution in [2.45, 2.75) is 32.5 Å². The molecule has 0 aliphatic rings. The minimum absolute atomic E-state index is 0.134. The van der Waals surface area contributed by atoms with Crippen LogP contribution in [-0.2, 0) is 16.0 Å². The fourth-order valence-corrected chi connectivity index (χ4v) is 1.84. The van der Waals surface area contributed by atoms with Gasteiger partial charge in [-0.2, -0.15) is 5.10 Å². The molecule has 104 valence electrons. The van der Waals surface area contributed by atoms with E-state index >= 15 is 0 Å². The summed E-state index contributed by atoms with van der Waals surface area (Å²) in [6.45, 7) is 5.56. The quantitative estimate of drug-likeness (QED) is 0.550. The Morgan fingerprint density at radius 3 is 2.83 bits per heavy atom. The second kappa shape index (κ2) is 7.70. The first-order chi connectivity index (χ1) is 8.60. The largest absolute Gasteiger partial charge is 0.383 e. The topological polar surface area (TPSA) is 74.3 Å². The van der Waals surface area contributed by atoms with Crippen molar-refractivity contribution in [1.29, 1.82) is 0 Å². The van der Waals surface area contributed by atoms with Crippen LogP contribution in [0.4, 0.5) is 0 Å². The van der Waals surface area contributed by atoms with E-state index in [4.69, 9.17) is 26.9 Å². The van der Waals surface area contributed by atoms with Crippen molar-refractivity contribution in [2.75, 3.05) is 20.3 Å². The molecule has 0 aliphatic heterocycles. The van der Waals surface area contributed by atoms with Crippen LogP contribution in [0.1, 0.15) is 25.6 Å². The smallest absolute Gasteiger partial charge is 0.0877 e. The summed E-state index contributed by atoms with van der Waals surface area (Å²) in [6.07, 6.45) is 1.74. The second-order valence-electron chi connectivity index (χ2n) is 4.20. The molecule has 1 unspecified atom stereocenters. The molecule has 0 saturated carbocycles. The van der Waals surface area contributed by atoms with E-state index in [-0.39, 0.29) is 12.1 Å². The maximum atomic E-state index is 6.14. The molecule has 3 N–H and O–H groups in total. The highest BCUT2D eigenvalue weighted by molar-refractivity contribution is 6.31. The van der Waals surface area contributed by atoms with Crippen molar-refractivity contribution in [1.82, 2.24) is 15.2 Å². The summed E-state index contributed by atoms with van der Waals surface area (Å²) in [5.41, 5.74) is 3.52. The molecule has 1 rings (SSSR count). The van der Waals surface area contributed by atoms with Gasteiger partial charge in [-0.25, -0.2) is 5.43 Å². The zero-order chi connectivity index (χ0) is 13.5. The van der Waals surface area contributed by atoms with Crippen LogP contribution >= 0.6 is 11.6 Å². The van der Waals surface area contributed by atoms with Gasteiger partial charge in [0.05, 0.1) is 48.8 Å². The predicted octanol–water partition coefficient (Wildman–Crippen LogP) is 1.11. The normalized spacial score (nSPS) is 13.2. The molecule has 0 saturated heterocycles. The van der Waals surface area contributed by atoms with Crippen molar-refractivity contribution in [3.8, 4) is 0 Å². The minimum atomic E-state index is -0.195. The monoisotopic (exact) mass is 276 g/mol. The van der Waals surface area contributed by atoms with Gasteiger partial charge in [-0.05, 0) is 13.8 Å². The van der Waals surface area contributed by atoms with Crippen LogP contribution in [0.5, 0.6) is 0 Å². The highest BCUT2D eigenvalue weighted by atomic mass is 35.5. The van der Waals surface area contributed by atoms with Crippen LogP contribution in [0.3, 0.4) is 0 Å². The number of hydrogen-bond donors (Lipinski definition) is 2. The molecular weight excluding hydrogens is 256 g/mol. The third kappa shape index (κ3) is 4.22. The van der Waals surface area contributed by atoms with Gasteiger partial charge in [-0.1, -0.05) is 11.6 Å². The Balaban J connectivity index is 2.79. The molecule has 0 radical (unpaired) electrons. The molecular formula is C11H21ClN4O2. The second-order valence-corrected chi connectivity index (χ2v) is 4.60. The number of nitrogens with zero attached hydrogens (tertiary/aromatic N) is 2. The van der Waals surface area contributed by atoms with Gasteiger partial charge < -0.3 is 9.47 Å². The Hall–Kier alpha value is -0.660. The molecule has 7 heteroatoms. The van der Waals surface area contributed by atoms with Gasteiger partial charge in [-0.3, -0.25) is 10.5 Å². The molecule has 1 heterocycles. The number of ether oxygens (including phenoxy) is 2. The molecule has 0 bridgehead atoms. The average molecular weight is 277 g/mol. The summed E-state index contributed by atoms with van der Waals surface area (Å²) >= 11 is 6.14. The third-order valence-corrected chi connectivity index (χ3v) is 2.76. The van der Waals surface area contributed by atoms with Crippen LogP contribution < -0.4 is 11.3 Å². The maximum absolute atomic E-state index is 6.14. The number of nitrogens with one attached hydrogen (secondary N) is 1. The third-order valence-electron chi connectivity index (χ3n) is 2.47. The van der Waals surface area contributed by atoms with E-state index in [0.717, 1.165) is 5.69 Å². The Kier molecular flexibility index (Phi) is 6.59. The Labute approximate surface area is 112 Å². The van der Waals surface area contributed by atoms with E-state index in [2.05, 4.69) is 10.5 Å². The number of halogens is 1. The van der Waals surface area contributed by atoms with Gasteiger partial charge in [-0.15, -0.1) is 0 Å². The van der Waals surface area contributed by atoms with E-state index < -0.39 is 0 Å². The Morgan fingerprint density at radius 2 is 2.28 bits per heavy atom. The Bertz CT molecular complexity index is 357. The van der Waals surface area contributed by atoms with Gasteiger partial charge in [0.2, 0.25) is 0 Å². The molecule has 18 heavy (non-hydrogen) atoms. The van der Waals surface area contributed by atoms with Crippen LogP contribution in [0.2, 0.25) is 5.02 Å². The van der Waals surface area contributed by atoms with Crippen LogP contribution in [0.15, 0.2) is 6.20 Å². The first-order valence-corrected chi connectivity index (χ1v) is 6.25. The van der Waals surface area contributed by atoms with E-state index in [0.29, 0.717) is 24.8 Å². The number of hydrazine groups is 1. The minimum Gasteiger partial charge on any atom is -0.383 e. The van der Waals surface area contributed by atoms with E-state index in [9.17, 15) is 0 Å². The van der Waals surface area contributed by atoms with Crippen LogP contribution in [0.25, 0.3) is 0 Å². The summed E-state index contributed by atoms with van der Waals surface area (Å²) in [6, 6.07) is -0.195. The lowest BCUT2D eigenvalue weighted by molar-refractivity contribution is 0.0590. The predicted molar refractivity (Wildman–Crippen MR) is 70.3 cm³/mol. The molecule has 6 nitrogen and oxygen atoms in total. The molecule has 0 amide bonds. The zero-order valence-corrected chi connectivity index (χ0v) is 11.8. The van der Waals surface area contributed by atoms with Crippen LogP contribution in [0, 0.1) is 0 Å². The number of aromatic nitrogens is 2. The fourth-order valence-electron chi connectivity index (χ4n) is 1.57. The van der Waals surface area contributed by atoms with E-state index in [1.807, 2.05) is 13.8 Å². The van der Waals surface area contributed by atoms with Crippen molar-refractivity contribution >= 4 is 11.6 Å². The molecule has 0 aromatic carbocycles. The SMILES string of the molecule is COCCn1ncc(Cl)c1C(COC(C)C)NN. The summed E-state index contributed by atoms with van der Waals surface area (Å²) < 4.78 is 12.4. The van der Waals surface area contributed by atoms with Gasteiger partial charge in [0, 0.05) is 7.11 Å². The van der Waals surface area contributed by atoms with Crippen molar-refractivity contribution in [2.24, 2.45) is 5.84 Å². The summed E-state index contributed by atoms with van der Waals surface area (Å²) in [5.74, 6) is 5.56. The number of hydrogen-bond acceptors (Lipinski definition) is 5. The van der Waals surface area contributed by atoms with E-state index in [1.165, 1.54) is 0 Å². The fraction of sp³-hybridized carbons (Fsp3) is 0.727. The lowest BCUT2D eigenvalue weighted by atomic mass is 10.2. The van der Waals surface area contributed by atoms with Gasteiger partial charge >= 0.3 is 0 Å². The van der Waals surface area contributed by atoms with E-state index in [1.54, 1.807) is 18.0 Å². The molecule has 0 fully saturated rings. The average Bonchev–Trinajstić information content (AvgIpc) is 2.69. The van der Waals surface area contributed by atoms with Gasteiger partial charge in [0.1, 0.15) is 0 Å². The molecule has 0 spiro atoms. The van der Waals surface area contributed by atoms with Crippen molar-refractivity contribution in [3.05, 3.63) is 16.9 Å². The lowest BCUT2D eigenvalue weighted by Gasteiger charge is -2.19. The van der Waals surface area contributed by atoms with Gasteiger partial charge in [0.25, 0.3) is 0 Å². The van der Waals surface area contributed by atoms with Crippen molar-refractivity contribution < 1.29 is 9.47 Å². The Morgan fingerprint density at radius 1 is 1.56 bits per heavy atom. The lowest BCUT2D eigenvalue weighted by Crippen LogP contribution is -2.34. The number of nitrogens with two attached hydrogens (primary N) is 1. The first-order valence-electron chi connectivity index (χ1n) is 5.88. The molecule has 1 aromatic rings. The number of rotatable bonds is 8. The molecule has 1 aromatic heterocycles. The zero-order valence-electron chi connectivity index (χ0n) is 11.0. The number of methoxy groups -OCH3 is 1. The van der Waals surface area contributed by atoms with Crippen LogP contribution in [-0.4, -0.2) is 36.2 Å². The highest BCUT2D eigenvalue weighted by Crippen LogP contribution is 2.23. The first kappa shape index (κ1) is 15.4. The molecule has 1 atom stereocenters. The maximum Gasteiger partial charge on any atom is 0.0877 e. The summed E-state index contributed by atoms with van der Waals surface area (Å²) in [5, 5.41) is 4.77. The highest BCUT2D eigenvalue weighted by Gasteiger charge is 2.20. The standard InChI is InChI=1S/C11H21ClN4O2/c1-8(2)18-7-10(15-13)11-9(12)6-14-16(11)4-5-17-3/h6,8,10,15H,4-5,7,13H2,1-3H3. The summed E-state index contributed by atoms with van der Waals surface area (Å²) in [7, 11) is 1.64. The van der Waals surface area contributed by atoms with Crippen molar-refractivity contribution in [3.63, 3.8) is 0 Å². The summed E-state index contributed by atoms with van der Waals surface area (Å²) in [4.78, 5) is 0. The van der Waals surface area contributed by atoms with Gasteiger partial charge in [0.15, 0.2) is 0 Å². The molecule has 0 aliphatic carbocycles.